The molecule has 1 heterocycles. The lowest BCUT2D eigenvalue weighted by atomic mass is 10.1. The van der Waals surface area contributed by atoms with Crippen LogP contribution in [0.15, 0.2) is 53.7 Å². The van der Waals surface area contributed by atoms with Gasteiger partial charge in [-0.05, 0) is 47.9 Å². The van der Waals surface area contributed by atoms with Gasteiger partial charge in [-0.2, -0.15) is 4.68 Å². The molecule has 27 heavy (non-hydrogen) atoms. The van der Waals surface area contributed by atoms with Crippen LogP contribution in [0, 0.1) is 13.8 Å². The summed E-state index contributed by atoms with van der Waals surface area (Å²) < 4.78 is 1.70. The van der Waals surface area contributed by atoms with Crippen LogP contribution in [-0.4, -0.2) is 31.4 Å². The first kappa shape index (κ1) is 19.1. The number of rotatable bonds is 7. The van der Waals surface area contributed by atoms with Crippen molar-refractivity contribution in [3.8, 4) is 5.69 Å². The average Bonchev–Trinajstić information content (AvgIpc) is 3.13. The van der Waals surface area contributed by atoms with E-state index >= 15 is 0 Å². The summed E-state index contributed by atoms with van der Waals surface area (Å²) in [6.45, 7) is 6.59. The minimum Gasteiger partial charge on any atom is -0.351 e. The number of nitrogens with one attached hydrogen (secondary N) is 1. The molecule has 0 aliphatic rings. The van der Waals surface area contributed by atoms with E-state index in [0.717, 1.165) is 16.8 Å². The van der Waals surface area contributed by atoms with Crippen molar-refractivity contribution in [3.63, 3.8) is 0 Å². The van der Waals surface area contributed by atoms with Gasteiger partial charge < -0.3 is 5.32 Å². The number of nitrogens with zero attached hydrogens (tertiary/aromatic N) is 4. The zero-order chi connectivity index (χ0) is 19.2. The number of tetrazole rings is 1. The van der Waals surface area contributed by atoms with Crippen LogP contribution in [-0.2, 0) is 11.3 Å². The molecule has 1 N–H and O–H groups in total. The molecule has 1 unspecified atom stereocenters. The maximum Gasteiger partial charge on any atom is 0.233 e. The number of amides is 1. The smallest absolute Gasteiger partial charge is 0.233 e. The Balaban J connectivity index is 1.71. The van der Waals surface area contributed by atoms with Crippen LogP contribution >= 0.6 is 11.8 Å². The number of hydrogen-bond donors (Lipinski definition) is 1. The lowest BCUT2D eigenvalue weighted by Crippen LogP contribution is -2.32. The molecule has 1 atom stereocenters. The number of aromatic nitrogens is 4. The van der Waals surface area contributed by atoms with Crippen molar-refractivity contribution < 1.29 is 4.79 Å². The monoisotopic (exact) mass is 381 g/mol. The molecule has 0 aliphatic heterocycles. The lowest BCUT2D eigenvalue weighted by molar-refractivity contribution is -0.120. The standard InChI is InChI=1S/C20H23N5OS/c1-4-18(19(26)21-13-16-8-6-5-7-9-16)27-20-22-23-24-25(20)17-11-10-14(2)12-15(17)3/h5-12,18H,4,13H2,1-3H3,(H,21,26). The minimum absolute atomic E-state index is 0.0125. The molecule has 140 valence electrons. The van der Waals surface area contributed by atoms with Crippen molar-refractivity contribution in [2.45, 2.75) is 44.1 Å². The van der Waals surface area contributed by atoms with Crippen LogP contribution in [0.2, 0.25) is 0 Å². The van der Waals surface area contributed by atoms with E-state index in [0.29, 0.717) is 18.1 Å². The van der Waals surface area contributed by atoms with Gasteiger partial charge >= 0.3 is 0 Å². The van der Waals surface area contributed by atoms with Gasteiger partial charge in [0.25, 0.3) is 0 Å². The topological polar surface area (TPSA) is 72.7 Å². The van der Waals surface area contributed by atoms with Crippen LogP contribution < -0.4 is 5.32 Å². The van der Waals surface area contributed by atoms with Crippen LogP contribution in [0.25, 0.3) is 5.69 Å². The van der Waals surface area contributed by atoms with E-state index in [1.807, 2.05) is 56.3 Å². The Labute approximate surface area is 163 Å². The van der Waals surface area contributed by atoms with Crippen LogP contribution in [0.4, 0.5) is 0 Å². The molecule has 2 aromatic carbocycles. The Hall–Kier alpha value is -2.67. The van der Waals surface area contributed by atoms with Gasteiger partial charge in [-0.3, -0.25) is 4.79 Å². The average molecular weight is 382 g/mol. The zero-order valence-corrected chi connectivity index (χ0v) is 16.5. The molecule has 0 bridgehead atoms. The third-order valence-electron chi connectivity index (χ3n) is 4.24. The largest absolute Gasteiger partial charge is 0.351 e. The van der Waals surface area contributed by atoms with Crippen molar-refractivity contribution >= 4 is 17.7 Å². The second-order valence-corrected chi connectivity index (χ2v) is 7.55. The molecule has 0 saturated heterocycles. The fourth-order valence-corrected chi connectivity index (χ4v) is 3.72. The third-order valence-corrected chi connectivity index (χ3v) is 5.54. The highest BCUT2D eigenvalue weighted by Gasteiger charge is 2.22. The van der Waals surface area contributed by atoms with Gasteiger partial charge in [0.2, 0.25) is 11.1 Å². The summed E-state index contributed by atoms with van der Waals surface area (Å²) in [6.07, 6.45) is 0.686. The Bertz CT molecular complexity index is 910. The maximum absolute atomic E-state index is 12.6. The van der Waals surface area contributed by atoms with E-state index in [9.17, 15) is 4.79 Å². The molecule has 1 amide bonds. The van der Waals surface area contributed by atoms with Gasteiger partial charge in [0.1, 0.15) is 0 Å². The summed E-state index contributed by atoms with van der Waals surface area (Å²) >= 11 is 1.39. The zero-order valence-electron chi connectivity index (χ0n) is 15.7. The molecular formula is C20H23N5OS. The molecule has 1 aromatic heterocycles. The Kier molecular flexibility index (Phi) is 6.24. The Morgan fingerprint density at radius 3 is 2.67 bits per heavy atom. The van der Waals surface area contributed by atoms with Crippen LogP contribution in [0.3, 0.4) is 0 Å². The first-order valence-electron chi connectivity index (χ1n) is 8.92. The number of benzene rings is 2. The first-order valence-corrected chi connectivity index (χ1v) is 9.80. The van der Waals surface area contributed by atoms with Crippen molar-refractivity contribution in [3.05, 3.63) is 65.2 Å². The summed E-state index contributed by atoms with van der Waals surface area (Å²) in [5.41, 5.74) is 4.27. The first-order chi connectivity index (χ1) is 13.1. The molecule has 3 rings (SSSR count). The molecule has 0 radical (unpaired) electrons. The minimum atomic E-state index is -0.260. The van der Waals surface area contributed by atoms with E-state index < -0.39 is 0 Å². The van der Waals surface area contributed by atoms with E-state index in [2.05, 4.69) is 33.8 Å². The van der Waals surface area contributed by atoms with E-state index in [1.54, 1.807) is 4.68 Å². The van der Waals surface area contributed by atoms with Crippen molar-refractivity contribution in [1.29, 1.82) is 0 Å². The second kappa shape index (κ2) is 8.81. The summed E-state index contributed by atoms with van der Waals surface area (Å²) in [6, 6.07) is 16.0. The third kappa shape index (κ3) is 4.74. The molecule has 0 fully saturated rings. The predicted molar refractivity (Wildman–Crippen MR) is 107 cm³/mol. The van der Waals surface area contributed by atoms with Gasteiger partial charge in [-0.1, -0.05) is 66.7 Å². The van der Waals surface area contributed by atoms with Crippen molar-refractivity contribution in [1.82, 2.24) is 25.5 Å². The van der Waals surface area contributed by atoms with Gasteiger partial charge in [0.05, 0.1) is 10.9 Å². The summed E-state index contributed by atoms with van der Waals surface area (Å²) in [4.78, 5) is 12.6. The summed E-state index contributed by atoms with van der Waals surface area (Å²) in [5.74, 6) is -0.0125. The second-order valence-electron chi connectivity index (χ2n) is 6.38. The van der Waals surface area contributed by atoms with Crippen LogP contribution in [0.5, 0.6) is 0 Å². The number of thioether (sulfide) groups is 1. The molecule has 0 saturated carbocycles. The molecule has 6 nitrogen and oxygen atoms in total. The lowest BCUT2D eigenvalue weighted by Gasteiger charge is -2.15. The van der Waals surface area contributed by atoms with Crippen LogP contribution in [0.1, 0.15) is 30.0 Å². The van der Waals surface area contributed by atoms with Gasteiger partial charge in [0.15, 0.2) is 0 Å². The highest BCUT2D eigenvalue weighted by Crippen LogP contribution is 2.26. The number of aryl methyl sites for hydroxylation is 2. The Morgan fingerprint density at radius 1 is 1.19 bits per heavy atom. The van der Waals surface area contributed by atoms with Crippen molar-refractivity contribution in [2.24, 2.45) is 0 Å². The van der Waals surface area contributed by atoms with Gasteiger partial charge in [0, 0.05) is 6.54 Å². The van der Waals surface area contributed by atoms with Gasteiger partial charge in [-0.15, -0.1) is 5.10 Å². The molecule has 3 aromatic rings. The van der Waals surface area contributed by atoms with E-state index in [4.69, 9.17) is 0 Å². The number of hydrogen-bond acceptors (Lipinski definition) is 5. The summed E-state index contributed by atoms with van der Waals surface area (Å²) in [7, 11) is 0. The van der Waals surface area contributed by atoms with Gasteiger partial charge in [-0.25, -0.2) is 0 Å². The normalized spacial score (nSPS) is 12.0. The maximum atomic E-state index is 12.6. The molecule has 0 aliphatic carbocycles. The van der Waals surface area contributed by atoms with E-state index in [1.165, 1.54) is 17.3 Å². The Morgan fingerprint density at radius 2 is 1.96 bits per heavy atom. The predicted octanol–water partition coefficient (Wildman–Crippen LogP) is 3.47. The molecule has 0 spiro atoms. The number of carbonyl (C=O) groups is 1. The quantitative estimate of drug-likeness (QED) is 0.635. The SMILES string of the molecule is CCC(Sc1nnnn1-c1ccc(C)cc1C)C(=O)NCc1ccccc1. The highest BCUT2D eigenvalue weighted by molar-refractivity contribution is 8.00. The fraction of sp³-hybridized carbons (Fsp3) is 0.300. The molecular weight excluding hydrogens is 358 g/mol. The molecule has 7 heteroatoms. The number of carbonyl (C=O) groups excluding carboxylic acids is 1. The summed E-state index contributed by atoms with van der Waals surface area (Å²) in [5, 5.41) is 15.4. The van der Waals surface area contributed by atoms with E-state index in [-0.39, 0.29) is 11.2 Å². The van der Waals surface area contributed by atoms with Crippen molar-refractivity contribution in [2.75, 3.05) is 0 Å². The fourth-order valence-electron chi connectivity index (χ4n) is 2.79. The highest BCUT2D eigenvalue weighted by atomic mass is 32.2.